The summed E-state index contributed by atoms with van der Waals surface area (Å²) in [6, 6.07) is 29.8. The molecule has 0 amide bonds. The summed E-state index contributed by atoms with van der Waals surface area (Å²) in [4.78, 5) is 2.28. The van der Waals surface area contributed by atoms with Crippen molar-refractivity contribution in [2.24, 2.45) is 0 Å². The van der Waals surface area contributed by atoms with Gasteiger partial charge in [-0.15, -0.1) is 0 Å². The second-order valence-corrected chi connectivity index (χ2v) is 7.57. The lowest BCUT2D eigenvalue weighted by Gasteiger charge is -2.25. The van der Waals surface area contributed by atoms with Crippen LogP contribution in [0, 0.1) is 0 Å². The molecule has 0 bridgehead atoms. The van der Waals surface area contributed by atoms with Crippen LogP contribution in [0.4, 0.5) is 17.1 Å². The van der Waals surface area contributed by atoms with E-state index in [0.717, 1.165) is 0 Å². The Morgan fingerprint density at radius 1 is 0.571 bits per heavy atom. The first-order valence-corrected chi connectivity index (χ1v) is 11.5. The van der Waals surface area contributed by atoms with Crippen LogP contribution in [0.1, 0.15) is 0 Å². The summed E-state index contributed by atoms with van der Waals surface area (Å²) < 4.78 is 1.42. The third kappa shape index (κ3) is 3.48. The maximum Gasteiger partial charge on any atom is 0.506 e. The predicted molar refractivity (Wildman–Crippen MR) is 95.4 cm³/mol. The normalized spacial score (nSPS) is 9.95. The summed E-state index contributed by atoms with van der Waals surface area (Å²) in [6.07, 6.45) is 0. The second kappa shape index (κ2) is 7.12. The van der Waals surface area contributed by atoms with Crippen molar-refractivity contribution in [2.45, 2.75) is 0 Å². The van der Waals surface area contributed by atoms with Crippen molar-refractivity contribution in [1.82, 2.24) is 0 Å². The first kappa shape index (κ1) is 14.6. The highest BCUT2D eigenvalue weighted by Crippen LogP contribution is 2.33. The molecule has 21 heavy (non-hydrogen) atoms. The summed E-state index contributed by atoms with van der Waals surface area (Å²) in [5.74, 6) is 0. The Bertz CT molecular complexity index is 644. The van der Waals surface area contributed by atoms with Gasteiger partial charge in [0.1, 0.15) is 0 Å². The van der Waals surface area contributed by atoms with Crippen molar-refractivity contribution in [3.05, 3.63) is 84.9 Å². The van der Waals surface area contributed by atoms with Crippen molar-refractivity contribution in [3.8, 4) is 0 Å². The molecule has 3 aromatic rings. The van der Waals surface area contributed by atoms with Crippen LogP contribution in [0.5, 0.6) is 0 Å². The lowest BCUT2D eigenvalue weighted by Crippen LogP contribution is -2.12. The Balaban J connectivity index is 2.07. The zero-order chi connectivity index (χ0) is 14.5. The monoisotopic (exact) mass is 347 g/mol. The molecular formula is C18H14BrMgN. The molecule has 0 spiro atoms. The summed E-state index contributed by atoms with van der Waals surface area (Å²) in [5.41, 5.74) is 3.53. The molecule has 0 aliphatic carbocycles. The molecule has 0 saturated heterocycles. The molecule has 0 radical (unpaired) electrons. The highest BCUT2D eigenvalue weighted by atomic mass is 79.9. The third-order valence-electron chi connectivity index (χ3n) is 3.38. The topological polar surface area (TPSA) is 3.24 Å². The van der Waals surface area contributed by atoms with Crippen LogP contribution in [-0.2, 0) is 0 Å². The van der Waals surface area contributed by atoms with E-state index in [1.807, 2.05) is 12.1 Å². The number of hydrogen-bond acceptors (Lipinski definition) is 1. The smallest absolute Gasteiger partial charge is 0.311 e. The molecular weight excluding hydrogens is 334 g/mol. The van der Waals surface area contributed by atoms with E-state index in [4.69, 9.17) is 0 Å². The fourth-order valence-electron chi connectivity index (χ4n) is 2.34. The van der Waals surface area contributed by atoms with Crippen molar-refractivity contribution in [3.63, 3.8) is 0 Å². The standard InChI is InChI=1S/C18H14N.BrH.Mg/c1-4-10-16(11-5-1)19(17-12-6-2-7-13-17)18-14-8-3-9-15-18;;/h1-2,4-15H;1H;/q;;+1/p-1. The van der Waals surface area contributed by atoms with Crippen LogP contribution in [0.15, 0.2) is 84.9 Å². The van der Waals surface area contributed by atoms with E-state index < -0.39 is 0 Å². The molecule has 0 fully saturated rings. The zero-order valence-corrected chi connectivity index (χ0v) is 14.6. The molecule has 0 saturated carbocycles. The van der Waals surface area contributed by atoms with Gasteiger partial charge in [-0.05, 0) is 36.4 Å². The van der Waals surface area contributed by atoms with Crippen LogP contribution in [0.25, 0.3) is 0 Å². The van der Waals surface area contributed by atoms with Gasteiger partial charge >= 0.3 is 18.2 Å². The number of halogens is 1. The van der Waals surface area contributed by atoms with Gasteiger partial charge < -0.3 is 4.90 Å². The Hall–Kier alpha value is -1.29. The summed E-state index contributed by atoms with van der Waals surface area (Å²) >= 11 is 3.35. The van der Waals surface area contributed by atoms with E-state index in [1.165, 1.54) is 20.8 Å². The minimum Gasteiger partial charge on any atom is -0.311 e. The summed E-state index contributed by atoms with van der Waals surface area (Å²) in [6.45, 7) is 0. The van der Waals surface area contributed by atoms with Gasteiger partial charge in [0.15, 0.2) is 0 Å². The maximum atomic E-state index is 3.63. The average Bonchev–Trinajstić information content (AvgIpc) is 2.58. The maximum absolute atomic E-state index is 3.63. The molecule has 0 aliphatic rings. The molecule has 100 valence electrons. The molecule has 0 aliphatic heterocycles. The molecule has 0 aromatic heterocycles. The molecule has 1 nitrogen and oxygen atoms in total. The molecule has 0 unspecified atom stereocenters. The molecule has 0 N–H and O–H groups in total. The number of hydrogen-bond donors (Lipinski definition) is 0. The minimum atomic E-state index is -0.281. The van der Waals surface area contributed by atoms with Gasteiger partial charge in [-0.1, -0.05) is 48.5 Å². The largest absolute Gasteiger partial charge is 0.506 e. The summed E-state index contributed by atoms with van der Waals surface area (Å²) in [5, 5.41) is 0. The van der Waals surface area contributed by atoms with E-state index in [2.05, 4.69) is 90.6 Å². The highest BCUT2D eigenvalue weighted by Gasteiger charge is 2.11. The molecule has 3 heteroatoms. The Morgan fingerprint density at radius 2 is 1.00 bits per heavy atom. The van der Waals surface area contributed by atoms with E-state index in [-0.39, 0.29) is 18.2 Å². The minimum absolute atomic E-state index is 0.281. The third-order valence-corrected chi connectivity index (χ3v) is 6.10. The fourth-order valence-corrected chi connectivity index (χ4v) is 3.87. The van der Waals surface area contributed by atoms with E-state index in [0.29, 0.717) is 0 Å². The van der Waals surface area contributed by atoms with Crippen molar-refractivity contribution in [1.29, 1.82) is 0 Å². The van der Waals surface area contributed by atoms with Gasteiger partial charge in [0.05, 0.1) is 0 Å². The predicted octanol–water partition coefficient (Wildman–Crippen LogP) is 4.80. The molecule has 3 aromatic carbocycles. The Morgan fingerprint density at radius 3 is 1.43 bits per heavy atom. The quantitative estimate of drug-likeness (QED) is 0.613. The van der Waals surface area contributed by atoms with Gasteiger partial charge in [0.25, 0.3) is 0 Å². The van der Waals surface area contributed by atoms with Crippen molar-refractivity contribution in [2.75, 3.05) is 4.90 Å². The average molecular weight is 349 g/mol. The van der Waals surface area contributed by atoms with Gasteiger partial charge in [-0.3, -0.25) is 12.9 Å². The van der Waals surface area contributed by atoms with Crippen LogP contribution >= 0.6 is 12.9 Å². The molecule has 0 atom stereocenters. The highest BCUT2D eigenvalue weighted by molar-refractivity contribution is 9.23. The van der Waals surface area contributed by atoms with E-state index in [9.17, 15) is 0 Å². The van der Waals surface area contributed by atoms with Crippen LogP contribution in [0.2, 0.25) is 0 Å². The van der Waals surface area contributed by atoms with Crippen LogP contribution in [-0.4, -0.2) is 18.2 Å². The van der Waals surface area contributed by atoms with Gasteiger partial charge in [-0.2, -0.15) is 3.69 Å². The number of anilines is 3. The second-order valence-electron chi connectivity index (χ2n) is 4.81. The van der Waals surface area contributed by atoms with Gasteiger partial charge in [0.2, 0.25) is 0 Å². The zero-order valence-electron chi connectivity index (χ0n) is 11.6. The van der Waals surface area contributed by atoms with E-state index >= 15 is 0 Å². The van der Waals surface area contributed by atoms with Crippen molar-refractivity contribution >= 4 is 51.8 Å². The first-order chi connectivity index (χ1) is 10.4. The number of nitrogens with zero attached hydrogens (tertiary/aromatic N) is 1. The molecule has 0 heterocycles. The van der Waals surface area contributed by atoms with Crippen LogP contribution < -0.4 is 8.59 Å². The van der Waals surface area contributed by atoms with Crippen LogP contribution in [0.3, 0.4) is 0 Å². The number of rotatable bonds is 4. The lowest BCUT2D eigenvalue weighted by atomic mass is 10.2. The molecule has 3 rings (SSSR count). The Labute approximate surface area is 141 Å². The SMILES string of the molecule is [Br][Mg][c]1ccc(N(c2ccccc2)c2ccccc2)cc1. The van der Waals surface area contributed by atoms with Gasteiger partial charge in [0, 0.05) is 17.1 Å². The Kier molecular flexibility index (Phi) is 4.96. The lowest BCUT2D eigenvalue weighted by molar-refractivity contribution is 1.29. The van der Waals surface area contributed by atoms with Crippen molar-refractivity contribution < 1.29 is 0 Å². The fraction of sp³-hybridized carbons (Fsp3) is 0. The number of benzene rings is 3. The summed E-state index contributed by atoms with van der Waals surface area (Å²) in [7, 11) is 0. The number of para-hydroxylation sites is 2. The van der Waals surface area contributed by atoms with E-state index in [1.54, 1.807) is 0 Å². The van der Waals surface area contributed by atoms with Gasteiger partial charge in [-0.25, -0.2) is 0 Å². The first-order valence-electron chi connectivity index (χ1n) is 6.93.